The maximum absolute atomic E-state index is 15.2. The first kappa shape index (κ1) is 28.0. The van der Waals surface area contributed by atoms with Crippen LogP contribution in [0, 0.1) is 5.92 Å². The molecule has 9 heteroatoms. The molecule has 0 aliphatic carbocycles. The van der Waals surface area contributed by atoms with Crippen molar-refractivity contribution in [2.24, 2.45) is 5.92 Å². The highest BCUT2D eigenvalue weighted by atomic mass is 35.5. The Morgan fingerprint density at radius 1 is 0.884 bits per heavy atom. The number of Topliss-reactive ketones (excluding diaryl/α,β-unsaturated/α-hetero) is 1. The molecule has 0 aromatic heterocycles. The van der Waals surface area contributed by atoms with Gasteiger partial charge in [0, 0.05) is 26.2 Å². The topological polar surface area (TPSA) is 66.9 Å². The molecule has 0 bridgehead atoms. The number of rotatable bonds is 6. The molecule has 3 aliphatic rings. The Balaban J connectivity index is 1.49. The number of nitrogens with zero attached hydrogens (tertiary/aromatic N) is 2. The molecule has 1 fully saturated rings. The Kier molecular flexibility index (Phi) is 7.00. The van der Waals surface area contributed by atoms with Crippen LogP contribution in [0.25, 0.3) is 0 Å². The van der Waals surface area contributed by atoms with Crippen LogP contribution in [0.3, 0.4) is 0 Å². The molecule has 4 atom stereocenters. The smallest absolute Gasteiger partial charge is 0.313 e. The van der Waals surface area contributed by atoms with Crippen LogP contribution in [0.2, 0.25) is 10.0 Å². The molecular formula is C34H26Cl2N2O4S. The maximum atomic E-state index is 15.2. The van der Waals surface area contributed by atoms with E-state index in [1.165, 1.54) is 11.8 Å². The maximum Gasteiger partial charge on any atom is 0.313 e. The van der Waals surface area contributed by atoms with E-state index in [2.05, 4.69) is 0 Å². The second-order valence-corrected chi connectivity index (χ2v) is 12.8. The zero-order valence-electron chi connectivity index (χ0n) is 23.1. The molecule has 0 saturated carbocycles. The van der Waals surface area contributed by atoms with Gasteiger partial charge in [0.1, 0.15) is 22.7 Å². The van der Waals surface area contributed by atoms with Crippen molar-refractivity contribution in [1.82, 2.24) is 0 Å². The molecule has 0 radical (unpaired) electrons. The molecule has 6 nitrogen and oxygen atoms in total. The van der Waals surface area contributed by atoms with Gasteiger partial charge < -0.3 is 14.5 Å². The molecule has 43 heavy (non-hydrogen) atoms. The Morgan fingerprint density at radius 3 is 2.33 bits per heavy atom. The molecule has 1 saturated heterocycles. The zero-order valence-corrected chi connectivity index (χ0v) is 25.4. The van der Waals surface area contributed by atoms with Gasteiger partial charge in [0.15, 0.2) is 5.78 Å². The quantitative estimate of drug-likeness (QED) is 0.167. The summed E-state index contributed by atoms with van der Waals surface area (Å²) in [6.45, 7) is 2.13. The van der Waals surface area contributed by atoms with Gasteiger partial charge in [0.2, 0.25) is 5.91 Å². The minimum absolute atomic E-state index is 0.103. The highest BCUT2D eigenvalue weighted by Gasteiger charge is 2.74. The second-order valence-electron chi connectivity index (χ2n) is 10.8. The van der Waals surface area contributed by atoms with Crippen LogP contribution in [0.5, 0.6) is 0 Å². The van der Waals surface area contributed by atoms with Crippen molar-refractivity contribution in [3.05, 3.63) is 124 Å². The highest BCUT2D eigenvalue weighted by molar-refractivity contribution is 8.00. The molecule has 216 valence electrons. The molecule has 3 aliphatic heterocycles. The third kappa shape index (κ3) is 4.20. The van der Waals surface area contributed by atoms with E-state index in [1.807, 2.05) is 65.6 Å². The van der Waals surface area contributed by atoms with Crippen LogP contribution >= 0.6 is 35.0 Å². The highest BCUT2D eigenvalue weighted by Crippen LogP contribution is 2.65. The van der Waals surface area contributed by atoms with Crippen molar-refractivity contribution in [2.45, 2.75) is 35.2 Å². The molecule has 0 N–H and O–H groups in total. The van der Waals surface area contributed by atoms with Crippen LogP contribution in [-0.4, -0.2) is 35.7 Å². The lowest BCUT2D eigenvalue weighted by atomic mass is 9.69. The van der Waals surface area contributed by atoms with Crippen LogP contribution in [0.4, 0.5) is 11.4 Å². The van der Waals surface area contributed by atoms with E-state index in [9.17, 15) is 9.59 Å². The second kappa shape index (κ2) is 10.7. The number of para-hydroxylation sites is 1. The van der Waals surface area contributed by atoms with Gasteiger partial charge in [-0.1, -0.05) is 77.4 Å². The van der Waals surface area contributed by atoms with Crippen molar-refractivity contribution in [3.8, 4) is 0 Å². The average Bonchev–Trinajstić information content (AvgIpc) is 3.61. The number of carbonyl (C=O) groups excluding carboxylic acids is 3. The fourth-order valence-corrected chi connectivity index (χ4v) is 8.75. The summed E-state index contributed by atoms with van der Waals surface area (Å²) in [6.07, 6.45) is 0. The van der Waals surface area contributed by atoms with Gasteiger partial charge in [-0.25, -0.2) is 0 Å². The van der Waals surface area contributed by atoms with E-state index in [1.54, 1.807) is 48.2 Å². The first-order valence-corrected chi connectivity index (χ1v) is 15.7. The first-order chi connectivity index (χ1) is 20.9. The number of amides is 1. The summed E-state index contributed by atoms with van der Waals surface area (Å²) in [5, 5.41) is 0.327. The largest absolute Gasteiger partial charge is 0.466 e. The van der Waals surface area contributed by atoms with E-state index < -0.39 is 28.7 Å². The van der Waals surface area contributed by atoms with Crippen LogP contribution in [0.15, 0.2) is 102 Å². The van der Waals surface area contributed by atoms with Crippen LogP contribution in [0.1, 0.15) is 28.4 Å². The summed E-state index contributed by atoms with van der Waals surface area (Å²) < 4.78 is 5.70. The summed E-state index contributed by atoms with van der Waals surface area (Å²) in [7, 11) is 0. The number of ether oxygens (including phenoxy) is 1. The van der Waals surface area contributed by atoms with E-state index in [-0.39, 0.29) is 18.3 Å². The van der Waals surface area contributed by atoms with E-state index in [4.69, 9.17) is 27.9 Å². The molecule has 3 heterocycles. The summed E-state index contributed by atoms with van der Waals surface area (Å²) in [4.78, 5) is 48.6. The number of hydrogen-bond donors (Lipinski definition) is 0. The van der Waals surface area contributed by atoms with Gasteiger partial charge in [-0.3, -0.25) is 14.4 Å². The molecule has 4 aromatic rings. The molecular weight excluding hydrogens is 603 g/mol. The molecule has 1 amide bonds. The van der Waals surface area contributed by atoms with Gasteiger partial charge in [-0.15, -0.1) is 0 Å². The Bertz CT molecular complexity index is 1770. The molecule has 1 spiro atoms. The Hall–Kier alpha value is -3.78. The summed E-state index contributed by atoms with van der Waals surface area (Å²) in [6, 6.07) is 28.4. The number of hydrogen-bond acceptors (Lipinski definition) is 6. The average molecular weight is 630 g/mol. The zero-order chi connectivity index (χ0) is 29.9. The van der Waals surface area contributed by atoms with E-state index in [0.29, 0.717) is 33.4 Å². The number of fused-ring (bicyclic) bond motifs is 6. The van der Waals surface area contributed by atoms with Crippen molar-refractivity contribution < 1.29 is 19.1 Å². The van der Waals surface area contributed by atoms with Crippen molar-refractivity contribution >= 4 is 64.0 Å². The predicted octanol–water partition coefficient (Wildman–Crippen LogP) is 7.16. The van der Waals surface area contributed by atoms with Gasteiger partial charge >= 0.3 is 5.97 Å². The van der Waals surface area contributed by atoms with Crippen LogP contribution in [-0.2, 0) is 26.3 Å². The van der Waals surface area contributed by atoms with Gasteiger partial charge in [0.25, 0.3) is 0 Å². The fraction of sp³-hybridized carbons (Fsp3) is 0.206. The van der Waals surface area contributed by atoms with Crippen LogP contribution < -0.4 is 9.80 Å². The normalized spacial score (nSPS) is 23.3. The van der Waals surface area contributed by atoms with Crippen molar-refractivity contribution in [3.63, 3.8) is 0 Å². The Morgan fingerprint density at radius 2 is 1.58 bits per heavy atom. The van der Waals surface area contributed by atoms with E-state index in [0.717, 1.165) is 16.1 Å². The first-order valence-electron chi connectivity index (χ1n) is 14.0. The molecule has 7 rings (SSSR count). The fourth-order valence-electron chi connectivity index (χ4n) is 6.84. The lowest BCUT2D eigenvalue weighted by Gasteiger charge is -2.33. The number of halogens is 2. The van der Waals surface area contributed by atoms with Crippen molar-refractivity contribution in [2.75, 3.05) is 16.4 Å². The summed E-state index contributed by atoms with van der Waals surface area (Å²) >= 11 is 14.3. The Labute approximate surface area is 263 Å². The number of thioether (sulfide) groups is 1. The number of ketones is 1. The van der Waals surface area contributed by atoms with Gasteiger partial charge in [-0.05, 0) is 72.6 Å². The summed E-state index contributed by atoms with van der Waals surface area (Å²) in [5.41, 5.74) is 1.97. The minimum atomic E-state index is -1.46. The predicted molar refractivity (Wildman–Crippen MR) is 169 cm³/mol. The number of esters is 1. The molecule has 0 unspecified atom stereocenters. The van der Waals surface area contributed by atoms with Gasteiger partial charge in [-0.2, -0.15) is 0 Å². The number of carbonyl (C=O) groups is 3. The van der Waals surface area contributed by atoms with Gasteiger partial charge in [0.05, 0.1) is 18.8 Å². The number of benzene rings is 4. The summed E-state index contributed by atoms with van der Waals surface area (Å²) in [5.74, 6) is -2.28. The monoisotopic (exact) mass is 628 g/mol. The third-order valence-corrected chi connectivity index (χ3v) is 10.5. The van der Waals surface area contributed by atoms with E-state index >= 15 is 4.79 Å². The standard InChI is InChI=1S/C34H26Cl2N2O4S/c1-2-42-31(40)28-29(30(39)21-12-14-22(35)15-13-21)38-26-10-6-7-11-27(26)43-33(38)34(28)24-18-23(36)16-17-25(24)37(32(34)41)19-20-8-4-3-5-9-20/h3-18,28-29,33H,2,19H2,1H3/t28-,29-,33+,34+/m1/s1. The van der Waals surface area contributed by atoms with Crippen molar-refractivity contribution in [1.29, 1.82) is 0 Å². The lowest BCUT2D eigenvalue weighted by molar-refractivity contribution is -0.152. The third-order valence-electron chi connectivity index (χ3n) is 8.55. The molecule has 4 aromatic carbocycles. The SMILES string of the molecule is CCOC(=O)[C@H]1[C@H](C(=O)c2ccc(Cl)cc2)N2c3ccccc3S[C@H]2[C@]12C(=O)N(Cc1ccccc1)c1ccc(Cl)cc12. The number of anilines is 2. The lowest BCUT2D eigenvalue weighted by Crippen LogP contribution is -2.53. The minimum Gasteiger partial charge on any atom is -0.466 e.